The second-order valence-electron chi connectivity index (χ2n) is 5.46. The molecular formula is C13H19FN2O. The number of amides is 1. The maximum absolute atomic E-state index is 13.5. The van der Waals surface area contributed by atoms with Gasteiger partial charge in [0.15, 0.2) is 0 Å². The minimum absolute atomic E-state index is 0.0248. The van der Waals surface area contributed by atoms with E-state index in [-0.39, 0.29) is 16.9 Å². The molecule has 0 bridgehead atoms. The Labute approximate surface area is 101 Å². The third kappa shape index (κ3) is 3.73. The standard InChI is InChI=1S/C13H19FN2O/c1-13(2,3)8-16(4)12(17)10-7-9(15)5-6-11(10)14/h5-7H,8,15H2,1-4H3. The molecular weight excluding hydrogens is 219 g/mol. The monoisotopic (exact) mass is 238 g/mol. The van der Waals surface area contributed by atoms with Gasteiger partial charge in [0, 0.05) is 19.3 Å². The zero-order valence-electron chi connectivity index (χ0n) is 10.7. The first-order valence-electron chi connectivity index (χ1n) is 5.51. The molecule has 1 aromatic rings. The number of nitrogens with zero attached hydrogens (tertiary/aromatic N) is 1. The molecule has 17 heavy (non-hydrogen) atoms. The van der Waals surface area contributed by atoms with Crippen molar-refractivity contribution in [2.24, 2.45) is 5.41 Å². The molecule has 4 heteroatoms. The summed E-state index contributed by atoms with van der Waals surface area (Å²) in [6.07, 6.45) is 0. The fourth-order valence-corrected chi connectivity index (χ4v) is 1.70. The number of rotatable bonds is 2. The molecule has 0 saturated carbocycles. The summed E-state index contributed by atoms with van der Waals surface area (Å²) in [6, 6.07) is 4.03. The van der Waals surface area contributed by atoms with Crippen molar-refractivity contribution in [2.45, 2.75) is 20.8 Å². The number of hydrogen-bond donors (Lipinski definition) is 1. The summed E-state index contributed by atoms with van der Waals surface area (Å²) in [5.74, 6) is -0.880. The van der Waals surface area contributed by atoms with Gasteiger partial charge in [-0.2, -0.15) is 0 Å². The van der Waals surface area contributed by atoms with E-state index < -0.39 is 5.82 Å². The number of carbonyl (C=O) groups is 1. The summed E-state index contributed by atoms with van der Waals surface area (Å²) in [6.45, 7) is 6.62. The predicted molar refractivity (Wildman–Crippen MR) is 67.2 cm³/mol. The summed E-state index contributed by atoms with van der Waals surface area (Å²) in [5, 5.41) is 0. The van der Waals surface area contributed by atoms with Gasteiger partial charge in [0.25, 0.3) is 5.91 Å². The quantitative estimate of drug-likeness (QED) is 0.805. The molecule has 1 amide bonds. The molecule has 1 aromatic carbocycles. The van der Waals surface area contributed by atoms with Crippen LogP contribution in [0.25, 0.3) is 0 Å². The molecule has 0 aliphatic rings. The van der Waals surface area contributed by atoms with Crippen LogP contribution in [0.4, 0.5) is 10.1 Å². The van der Waals surface area contributed by atoms with Crippen molar-refractivity contribution in [3.8, 4) is 0 Å². The third-order valence-corrected chi connectivity index (χ3v) is 2.28. The fourth-order valence-electron chi connectivity index (χ4n) is 1.70. The number of anilines is 1. The van der Waals surface area contributed by atoms with Crippen molar-refractivity contribution in [3.05, 3.63) is 29.6 Å². The van der Waals surface area contributed by atoms with Gasteiger partial charge in [0.2, 0.25) is 0 Å². The van der Waals surface area contributed by atoms with Crippen LogP contribution in [-0.4, -0.2) is 24.4 Å². The first-order valence-corrected chi connectivity index (χ1v) is 5.51. The van der Waals surface area contributed by atoms with Gasteiger partial charge in [-0.25, -0.2) is 4.39 Å². The lowest BCUT2D eigenvalue weighted by Gasteiger charge is -2.26. The van der Waals surface area contributed by atoms with Gasteiger partial charge in [-0.15, -0.1) is 0 Å². The number of carbonyl (C=O) groups excluding carboxylic acids is 1. The Morgan fingerprint density at radius 3 is 2.53 bits per heavy atom. The Morgan fingerprint density at radius 1 is 1.41 bits per heavy atom. The van der Waals surface area contributed by atoms with E-state index in [1.165, 1.54) is 23.1 Å². The van der Waals surface area contributed by atoms with Crippen LogP contribution in [-0.2, 0) is 0 Å². The molecule has 0 aromatic heterocycles. The highest BCUT2D eigenvalue weighted by molar-refractivity contribution is 5.95. The van der Waals surface area contributed by atoms with Crippen molar-refractivity contribution < 1.29 is 9.18 Å². The van der Waals surface area contributed by atoms with Gasteiger partial charge in [-0.05, 0) is 23.6 Å². The molecule has 0 fully saturated rings. The highest BCUT2D eigenvalue weighted by atomic mass is 19.1. The van der Waals surface area contributed by atoms with Crippen LogP contribution in [0.15, 0.2) is 18.2 Å². The number of nitrogens with two attached hydrogens (primary N) is 1. The lowest BCUT2D eigenvalue weighted by atomic mass is 9.96. The fraction of sp³-hybridized carbons (Fsp3) is 0.462. The molecule has 0 spiro atoms. The largest absolute Gasteiger partial charge is 0.399 e. The first kappa shape index (κ1) is 13.5. The molecule has 0 aliphatic carbocycles. The normalized spacial score (nSPS) is 11.4. The molecule has 1 rings (SSSR count). The van der Waals surface area contributed by atoms with Crippen LogP contribution in [0.2, 0.25) is 0 Å². The van der Waals surface area contributed by atoms with Crippen molar-refractivity contribution in [3.63, 3.8) is 0 Å². The number of nitrogen functional groups attached to an aromatic ring is 1. The third-order valence-electron chi connectivity index (χ3n) is 2.28. The minimum atomic E-state index is -0.537. The van der Waals surface area contributed by atoms with Crippen LogP contribution in [0, 0.1) is 11.2 Å². The van der Waals surface area contributed by atoms with Crippen LogP contribution < -0.4 is 5.73 Å². The molecule has 0 radical (unpaired) electrons. The van der Waals surface area contributed by atoms with Crippen LogP contribution in [0.5, 0.6) is 0 Å². The van der Waals surface area contributed by atoms with Gasteiger partial charge < -0.3 is 10.6 Å². The van der Waals surface area contributed by atoms with Gasteiger partial charge in [-0.1, -0.05) is 20.8 Å². The van der Waals surface area contributed by atoms with Crippen molar-refractivity contribution in [1.82, 2.24) is 4.90 Å². The Kier molecular flexibility index (Phi) is 3.76. The highest BCUT2D eigenvalue weighted by Gasteiger charge is 2.21. The SMILES string of the molecule is CN(CC(C)(C)C)C(=O)c1cc(N)ccc1F. The second kappa shape index (κ2) is 4.73. The molecule has 94 valence electrons. The van der Waals surface area contributed by atoms with E-state index in [1.54, 1.807) is 7.05 Å². The topological polar surface area (TPSA) is 46.3 Å². The average molecular weight is 238 g/mol. The van der Waals surface area contributed by atoms with Crippen molar-refractivity contribution in [1.29, 1.82) is 0 Å². The number of benzene rings is 1. The van der Waals surface area contributed by atoms with E-state index in [1.807, 2.05) is 20.8 Å². The van der Waals surface area contributed by atoms with E-state index in [4.69, 9.17) is 5.73 Å². The zero-order valence-corrected chi connectivity index (χ0v) is 10.7. The van der Waals surface area contributed by atoms with E-state index in [0.29, 0.717) is 12.2 Å². The Balaban J connectivity index is 2.93. The summed E-state index contributed by atoms with van der Waals surface area (Å²) in [7, 11) is 1.66. The molecule has 0 unspecified atom stereocenters. The van der Waals surface area contributed by atoms with Crippen LogP contribution >= 0.6 is 0 Å². The Hall–Kier alpha value is -1.58. The van der Waals surface area contributed by atoms with E-state index in [9.17, 15) is 9.18 Å². The zero-order chi connectivity index (χ0) is 13.2. The summed E-state index contributed by atoms with van der Waals surface area (Å²) >= 11 is 0. The van der Waals surface area contributed by atoms with Gasteiger partial charge >= 0.3 is 0 Å². The second-order valence-corrected chi connectivity index (χ2v) is 5.46. The van der Waals surface area contributed by atoms with Crippen molar-refractivity contribution >= 4 is 11.6 Å². The smallest absolute Gasteiger partial charge is 0.256 e. The summed E-state index contributed by atoms with van der Waals surface area (Å²) < 4.78 is 13.5. The van der Waals surface area contributed by atoms with E-state index in [2.05, 4.69) is 0 Å². The molecule has 2 N–H and O–H groups in total. The Morgan fingerprint density at radius 2 is 2.00 bits per heavy atom. The molecule has 0 saturated heterocycles. The number of halogens is 1. The van der Waals surface area contributed by atoms with Crippen molar-refractivity contribution in [2.75, 3.05) is 19.3 Å². The van der Waals surface area contributed by atoms with E-state index in [0.717, 1.165) is 0 Å². The lowest BCUT2D eigenvalue weighted by Crippen LogP contribution is -2.35. The minimum Gasteiger partial charge on any atom is -0.399 e. The van der Waals surface area contributed by atoms with Gasteiger partial charge in [0.1, 0.15) is 5.82 Å². The highest BCUT2D eigenvalue weighted by Crippen LogP contribution is 2.18. The van der Waals surface area contributed by atoms with Gasteiger partial charge in [0.05, 0.1) is 5.56 Å². The van der Waals surface area contributed by atoms with Crippen LogP contribution in [0.3, 0.4) is 0 Å². The summed E-state index contributed by atoms with van der Waals surface area (Å²) in [5.41, 5.74) is 5.94. The predicted octanol–water partition coefficient (Wildman–Crippen LogP) is 2.53. The van der Waals surface area contributed by atoms with Gasteiger partial charge in [-0.3, -0.25) is 4.79 Å². The van der Waals surface area contributed by atoms with E-state index >= 15 is 0 Å². The average Bonchev–Trinajstić information content (AvgIpc) is 2.18. The molecule has 0 atom stereocenters. The molecule has 0 heterocycles. The lowest BCUT2D eigenvalue weighted by molar-refractivity contribution is 0.0741. The maximum atomic E-state index is 13.5. The van der Waals surface area contributed by atoms with Crippen LogP contribution in [0.1, 0.15) is 31.1 Å². The first-order chi connectivity index (χ1) is 7.70. The summed E-state index contributed by atoms with van der Waals surface area (Å²) in [4.78, 5) is 13.5. The maximum Gasteiger partial charge on any atom is 0.256 e. The molecule has 0 aliphatic heterocycles. The molecule has 3 nitrogen and oxygen atoms in total. The number of hydrogen-bond acceptors (Lipinski definition) is 2. The Bertz CT molecular complexity index is 424.